The molecule has 0 saturated heterocycles. The molecule has 0 amide bonds. The topological polar surface area (TPSA) is 87.2 Å². The number of fused-ring (bicyclic) bond motifs is 20. The second-order valence-electron chi connectivity index (χ2n) is 24.3. The van der Waals surface area contributed by atoms with Crippen LogP contribution < -0.4 is 0 Å². The lowest BCUT2D eigenvalue weighted by atomic mass is 9.99. The summed E-state index contributed by atoms with van der Waals surface area (Å²) in [5, 5.41) is 9.39. The van der Waals surface area contributed by atoms with Gasteiger partial charge in [0.2, 0.25) is 11.9 Å². The van der Waals surface area contributed by atoms with Crippen LogP contribution in [0.1, 0.15) is 23.3 Å². The van der Waals surface area contributed by atoms with Gasteiger partial charge in [0.05, 0.1) is 45.4 Å². The summed E-state index contributed by atoms with van der Waals surface area (Å²) in [4.78, 5) is 29.9. The van der Waals surface area contributed by atoms with E-state index in [1.807, 2.05) is 155 Å². The first-order chi connectivity index (χ1) is 57.7. The average Bonchev–Trinajstić information content (AvgIpc) is 1.57. The Balaban J connectivity index is 0.000000148. The monoisotopic (exact) mass is 1390 g/mol. The van der Waals surface area contributed by atoms with Crippen molar-refractivity contribution < 1.29 is 23.3 Å². The van der Waals surface area contributed by atoms with Crippen molar-refractivity contribution in [3.8, 4) is 79.7 Å². The zero-order chi connectivity index (χ0) is 81.7. The second-order valence-corrected chi connectivity index (χ2v) is 28.5. The number of benzene rings is 14. The highest BCUT2D eigenvalue weighted by molar-refractivity contribution is 7.27. The van der Waals surface area contributed by atoms with Crippen molar-refractivity contribution in [1.29, 1.82) is 0 Å². The summed E-state index contributed by atoms with van der Waals surface area (Å²) >= 11 is 5.50. The maximum absolute atomic E-state index is 9.70. The Morgan fingerprint density at radius 3 is 1.09 bits per heavy atom. The molecule has 8 aromatic heterocycles. The van der Waals surface area contributed by atoms with Gasteiger partial charge in [0, 0.05) is 124 Å². The lowest BCUT2D eigenvalue weighted by Gasteiger charge is -2.11. The minimum absolute atomic E-state index is 0.00746. The van der Waals surface area contributed by atoms with Gasteiger partial charge >= 0.3 is 0 Å². The molecule has 22 aromatic rings. The van der Waals surface area contributed by atoms with Gasteiger partial charge in [-0.1, -0.05) is 242 Å². The number of hydrogen-bond acceptors (Lipinski definition) is 10. The Morgan fingerprint density at radius 1 is 0.225 bits per heavy atom. The number of hydrogen-bond donors (Lipinski definition) is 0. The van der Waals surface area contributed by atoms with Crippen molar-refractivity contribution in [3.05, 3.63) is 315 Å². The highest BCUT2D eigenvalue weighted by Crippen LogP contribution is 2.48. The van der Waals surface area contributed by atoms with Crippen molar-refractivity contribution in [3.63, 3.8) is 0 Å². The number of aromatic nitrogens is 8. The fourth-order valence-corrected chi connectivity index (χ4v) is 18.3. The Bertz CT molecular complexity index is 8210. The van der Waals surface area contributed by atoms with E-state index in [9.17, 15) is 8.22 Å². The van der Waals surface area contributed by atoms with Crippen molar-refractivity contribution >= 4 is 170 Å². The highest BCUT2D eigenvalue weighted by Gasteiger charge is 2.25. The van der Waals surface area contributed by atoms with E-state index in [1.165, 1.54) is 14.8 Å². The zero-order valence-corrected chi connectivity index (χ0v) is 56.2. The van der Waals surface area contributed by atoms with Gasteiger partial charge in [0.1, 0.15) is 0 Å². The Hall–Kier alpha value is -12.4. The summed E-state index contributed by atoms with van der Waals surface area (Å²) in [6.07, 6.45) is 0. The van der Waals surface area contributed by atoms with Crippen molar-refractivity contribution in [2.45, 2.75) is 0 Å². The van der Waals surface area contributed by atoms with Gasteiger partial charge in [-0.3, -0.25) is 9.13 Å². The fourth-order valence-electron chi connectivity index (χ4n) is 14.1. The largest absolute Gasteiger partial charge is 0.278 e. The molecule has 0 unspecified atom stereocenters. The van der Waals surface area contributed by atoms with Crippen LogP contribution in [0.15, 0.2) is 315 Å². The third-order valence-electron chi connectivity index (χ3n) is 18.5. The zero-order valence-electron chi connectivity index (χ0n) is 69.9. The molecular weight excluding hydrogens is 1320 g/mol. The first kappa shape index (κ1) is 43.9. The van der Waals surface area contributed by atoms with Crippen LogP contribution in [-0.4, -0.2) is 39.0 Å². The smallest absolute Gasteiger partial charge is 0.238 e. The lowest BCUT2D eigenvalue weighted by molar-refractivity contribution is 0.953. The Morgan fingerprint density at radius 2 is 0.618 bits per heavy atom. The van der Waals surface area contributed by atoms with Gasteiger partial charge in [-0.15, -0.1) is 45.3 Å². The summed E-state index contributed by atoms with van der Waals surface area (Å²) in [6, 6.07) is 62.4. The van der Waals surface area contributed by atoms with Crippen LogP contribution in [0.3, 0.4) is 0 Å². The molecule has 0 aliphatic carbocycles. The van der Waals surface area contributed by atoms with Crippen LogP contribution in [0.5, 0.6) is 0 Å². The molecule has 8 heterocycles. The Kier molecular flexibility index (Phi) is 10.2. The van der Waals surface area contributed by atoms with E-state index < -0.39 is 54.4 Å². The predicted octanol–water partition coefficient (Wildman–Crippen LogP) is 25.4. The summed E-state index contributed by atoms with van der Waals surface area (Å²) in [6.45, 7) is 0. The molecule has 0 saturated carbocycles. The summed E-state index contributed by atoms with van der Waals surface area (Å²) in [7, 11) is 0. The van der Waals surface area contributed by atoms with Crippen LogP contribution in [0.25, 0.3) is 204 Å². The average molecular weight is 1390 g/mol. The summed E-state index contributed by atoms with van der Waals surface area (Å²) in [5.41, 5.74) is 5.24. The molecule has 8 nitrogen and oxygen atoms in total. The summed E-state index contributed by atoms with van der Waals surface area (Å²) in [5.74, 6) is 1.16. The molecule has 0 aliphatic rings. The molecular formula is C90H52N8S4. The molecule has 0 radical (unpaired) electrons. The molecule has 22 rings (SSSR count). The normalized spacial score (nSPS) is 14.3. The number of thiophene rings is 4. The van der Waals surface area contributed by atoms with Crippen molar-refractivity contribution in [2.24, 2.45) is 0 Å². The van der Waals surface area contributed by atoms with Crippen LogP contribution in [0.2, 0.25) is 0 Å². The van der Waals surface area contributed by atoms with Crippen LogP contribution >= 0.6 is 45.3 Å². The molecule has 12 heteroatoms. The molecule has 476 valence electrons. The van der Waals surface area contributed by atoms with E-state index >= 15 is 0 Å². The van der Waals surface area contributed by atoms with Gasteiger partial charge in [-0.25, -0.2) is 9.97 Å². The van der Waals surface area contributed by atoms with Crippen molar-refractivity contribution in [1.82, 2.24) is 39.0 Å². The van der Waals surface area contributed by atoms with E-state index in [4.69, 9.17) is 45.0 Å². The fraction of sp³-hybridized carbons (Fsp3) is 0. The van der Waals surface area contributed by atoms with E-state index in [1.54, 1.807) is 22.7 Å². The molecule has 102 heavy (non-hydrogen) atoms. The van der Waals surface area contributed by atoms with Gasteiger partial charge in [-0.05, 0) is 95.0 Å². The summed E-state index contributed by atoms with van der Waals surface area (Å²) < 4.78 is 162. The highest BCUT2D eigenvalue weighted by atomic mass is 32.1. The number of rotatable bonds is 8. The molecule has 0 spiro atoms. The van der Waals surface area contributed by atoms with E-state index in [-0.39, 0.29) is 114 Å². The maximum atomic E-state index is 9.70. The van der Waals surface area contributed by atoms with Crippen LogP contribution in [-0.2, 0) is 0 Å². The van der Waals surface area contributed by atoms with Gasteiger partial charge in [0.25, 0.3) is 0 Å². The van der Waals surface area contributed by atoms with Crippen LogP contribution in [0, 0.1) is 0 Å². The molecule has 0 bridgehead atoms. The Labute approximate surface area is 623 Å². The molecule has 0 atom stereocenters. The third kappa shape index (κ3) is 9.45. The first-order valence-corrected chi connectivity index (χ1v) is 35.8. The molecule has 0 aliphatic heterocycles. The molecule has 0 fully saturated rings. The van der Waals surface area contributed by atoms with Gasteiger partial charge in [0.15, 0.2) is 23.3 Å². The van der Waals surface area contributed by atoms with Gasteiger partial charge in [-0.2, -0.15) is 19.9 Å². The second kappa shape index (κ2) is 23.6. The molecule has 14 aromatic carbocycles. The quantitative estimate of drug-likeness (QED) is 0.151. The van der Waals surface area contributed by atoms with Gasteiger partial charge < -0.3 is 0 Å². The maximum Gasteiger partial charge on any atom is 0.238 e. The van der Waals surface area contributed by atoms with E-state index in [0.29, 0.717) is 48.6 Å². The van der Waals surface area contributed by atoms with Crippen molar-refractivity contribution in [2.75, 3.05) is 0 Å². The SMILES string of the molecule is [2H]c1c([2H])c(-c2ccccc2)c2c(sc3c([2H])c(-c4nc(-c5ccccc5)nc(-n5c6ccccc6c6c7c(ccc65)sc5ccccc57)n4)c([2H])c([2H])c32)c1[2H].[2H]c1c([2H])c([2H])c(-c2c([2H])c([2H])c([2H])c3sc4c([2H])c(-c5nc(-c6ccccc6)nc(-n6c7ccccc7c7c8c(ccc76)sc6ccccc68)n5)c([2H])c([2H])c4c23)c([2H])c1[2H]. The van der Waals surface area contributed by atoms with Crippen LogP contribution in [0.4, 0.5) is 0 Å². The number of nitrogens with zero attached hydrogens (tertiary/aromatic N) is 8. The number of para-hydroxylation sites is 2. The molecule has 0 N–H and O–H groups in total. The first-order valence-electron chi connectivity index (χ1n) is 41.0. The van der Waals surface area contributed by atoms with E-state index in [2.05, 4.69) is 66.7 Å². The standard InChI is InChI=1S/2C45H26N4S2/c2*1-3-12-27(13-4-1)30-18-11-21-37-40(30)33-23-22-29(26-39(33)51-37)44-46-43(28-14-5-2-6-15-28)47-45(48-44)49-34-19-9-7-16-31(34)41-35(49)24-25-38-42(41)32-17-8-10-20-36(32)50-38/h2*1-26H/i1D,3D,4D,11D,12D,13D,18D,21D,22D,23D,26D;11D,18D,21D,22D,23D,26D. The third-order valence-corrected chi connectivity index (χ3v) is 22.8. The van der Waals surface area contributed by atoms with E-state index in [0.717, 1.165) is 97.4 Å². The lowest BCUT2D eigenvalue weighted by Crippen LogP contribution is -2.06. The minimum Gasteiger partial charge on any atom is -0.278 e. The predicted molar refractivity (Wildman–Crippen MR) is 433 cm³/mol. The minimum atomic E-state index is -0.651.